The predicted molar refractivity (Wildman–Crippen MR) is 36.3 cm³/mol. The van der Waals surface area contributed by atoms with E-state index in [1.54, 1.807) is 4.72 Å². The fourth-order valence-corrected chi connectivity index (χ4v) is 0. The molecule has 70 valence electrons. The molecule has 0 aliphatic heterocycles. The predicted octanol–water partition coefficient (Wildman–Crippen LogP) is -2.24. The van der Waals surface area contributed by atoms with Crippen LogP contribution in [0.1, 0.15) is 0 Å². The fraction of sp³-hybridized carbons (Fsp3) is 1.00. The lowest BCUT2D eigenvalue weighted by atomic mass is 11.6. The van der Waals surface area contributed by atoms with Crippen LogP contribution in [0.2, 0.25) is 0 Å². The van der Waals surface area contributed by atoms with E-state index in [1.807, 2.05) is 0 Å². The van der Waals surface area contributed by atoms with Gasteiger partial charge in [0.1, 0.15) is 0 Å². The zero-order chi connectivity index (χ0) is 9.71. The third-order valence-electron chi connectivity index (χ3n) is 0.258. The minimum atomic E-state index is -4.17. The van der Waals surface area contributed by atoms with Gasteiger partial charge in [-0.3, -0.25) is 9.11 Å². The molecule has 0 aromatic heterocycles. The van der Waals surface area contributed by atoms with E-state index in [4.69, 9.17) is 17.5 Å². The zero-order valence-corrected chi connectivity index (χ0v) is 7.05. The molecule has 0 atom stereocenters. The third-order valence-corrected chi connectivity index (χ3v) is 0.774. The number of hydrogen-bond donors (Lipinski definition) is 4. The maximum Gasteiger partial charge on any atom is 0.333 e. The minimum Gasteiger partial charge on any atom is -0.274 e. The van der Waals surface area contributed by atoms with E-state index in [9.17, 15) is 8.42 Å². The Balaban J connectivity index is 0. The highest BCUT2D eigenvalue weighted by Gasteiger charge is 1.91. The van der Waals surface area contributed by atoms with Crippen LogP contribution in [0.3, 0.4) is 0 Å². The molecular formula is CH8N2O6S2. The molecule has 0 radical (unpaired) electrons. The first-order valence-corrected chi connectivity index (χ1v) is 4.91. The van der Waals surface area contributed by atoms with Crippen LogP contribution in [0.25, 0.3) is 0 Å². The van der Waals surface area contributed by atoms with Crippen LogP contribution in [0.5, 0.6) is 0 Å². The van der Waals surface area contributed by atoms with Gasteiger partial charge in [-0.1, -0.05) is 0 Å². The molecule has 0 saturated heterocycles. The van der Waals surface area contributed by atoms with Crippen molar-refractivity contribution in [1.29, 1.82) is 0 Å². The third kappa shape index (κ3) is 77.7. The average molecular weight is 208 g/mol. The number of hydrogen-bond acceptors (Lipinski definition) is 4. The Morgan fingerprint density at radius 2 is 1.27 bits per heavy atom. The van der Waals surface area contributed by atoms with Crippen LogP contribution in [-0.4, -0.2) is 33.0 Å². The summed E-state index contributed by atoms with van der Waals surface area (Å²) in [5, 5.41) is 3.88. The van der Waals surface area contributed by atoms with Gasteiger partial charge in [-0.2, -0.15) is 21.6 Å². The van der Waals surface area contributed by atoms with E-state index in [0.29, 0.717) is 0 Å². The quantitative estimate of drug-likeness (QED) is 0.358. The molecule has 0 rings (SSSR count). The maximum absolute atomic E-state index is 9.44. The van der Waals surface area contributed by atoms with E-state index in [0.717, 1.165) is 7.05 Å². The highest BCUT2D eigenvalue weighted by molar-refractivity contribution is 7.83. The van der Waals surface area contributed by atoms with Crippen LogP contribution in [0.15, 0.2) is 0 Å². The topological polar surface area (TPSA) is 147 Å². The highest BCUT2D eigenvalue weighted by Crippen LogP contribution is 1.61. The Morgan fingerprint density at radius 1 is 1.18 bits per heavy atom. The molecule has 0 aliphatic rings. The van der Waals surface area contributed by atoms with Crippen LogP contribution >= 0.6 is 0 Å². The Bertz CT molecular complexity index is 266. The van der Waals surface area contributed by atoms with E-state index >= 15 is 0 Å². The molecule has 0 heterocycles. The number of nitrogens with one attached hydrogen (secondary N) is 1. The van der Waals surface area contributed by atoms with Crippen LogP contribution < -0.4 is 9.86 Å². The number of rotatable bonds is 1. The zero-order valence-electron chi connectivity index (χ0n) is 5.42. The SMILES string of the molecule is CNS(=O)(=O)O.NS(=O)(=O)O. The Hall–Kier alpha value is -0.260. The molecule has 0 unspecified atom stereocenters. The highest BCUT2D eigenvalue weighted by atomic mass is 32.2. The molecule has 0 spiro atoms. The standard InChI is InChI=1S/CH5NO3S.H3NO3S/c1-2-6(3,4)5;1-5(2,3)4/h2H,1H3,(H,3,4,5);(H3,1,2,3,4). The Labute approximate surface area is 64.2 Å². The largest absolute Gasteiger partial charge is 0.333 e. The molecule has 0 amide bonds. The van der Waals surface area contributed by atoms with Gasteiger partial charge in [0, 0.05) is 7.05 Å². The smallest absolute Gasteiger partial charge is 0.274 e. The van der Waals surface area contributed by atoms with Crippen molar-refractivity contribution in [1.82, 2.24) is 4.72 Å². The molecule has 0 aliphatic carbocycles. The minimum absolute atomic E-state index is 1.12. The van der Waals surface area contributed by atoms with Crippen LogP contribution in [0, 0.1) is 0 Å². The van der Waals surface area contributed by atoms with Gasteiger partial charge < -0.3 is 0 Å². The first-order valence-electron chi connectivity index (χ1n) is 1.97. The summed E-state index contributed by atoms with van der Waals surface area (Å²) in [5.74, 6) is 0. The first-order chi connectivity index (χ1) is 4.56. The number of nitrogens with two attached hydrogens (primary N) is 1. The molecule has 8 nitrogen and oxygen atoms in total. The van der Waals surface area contributed by atoms with Crippen LogP contribution in [0.4, 0.5) is 0 Å². The molecular weight excluding hydrogens is 200 g/mol. The molecule has 0 fully saturated rings. The molecule has 0 saturated carbocycles. The monoisotopic (exact) mass is 208 g/mol. The van der Waals surface area contributed by atoms with Gasteiger partial charge in [0.25, 0.3) is 0 Å². The van der Waals surface area contributed by atoms with E-state index in [2.05, 4.69) is 5.14 Å². The van der Waals surface area contributed by atoms with Gasteiger partial charge in [-0.15, -0.1) is 0 Å². The summed E-state index contributed by atoms with van der Waals surface area (Å²) in [6.07, 6.45) is 0. The average Bonchev–Trinajstić information content (AvgIpc) is 1.59. The van der Waals surface area contributed by atoms with E-state index < -0.39 is 20.6 Å². The second-order valence-corrected chi connectivity index (χ2v) is 3.58. The lowest BCUT2D eigenvalue weighted by Gasteiger charge is -1.83. The second-order valence-electron chi connectivity index (χ2n) is 1.19. The molecule has 0 aromatic carbocycles. The van der Waals surface area contributed by atoms with Crippen molar-refractivity contribution in [2.24, 2.45) is 5.14 Å². The summed E-state index contributed by atoms with van der Waals surface area (Å²) < 4.78 is 53.4. The van der Waals surface area contributed by atoms with Gasteiger partial charge in [-0.05, 0) is 0 Å². The fourth-order valence-electron chi connectivity index (χ4n) is 0. The van der Waals surface area contributed by atoms with Gasteiger partial charge in [0.2, 0.25) is 0 Å². The molecule has 0 bridgehead atoms. The van der Waals surface area contributed by atoms with Crippen LogP contribution in [-0.2, 0) is 20.6 Å². The van der Waals surface area contributed by atoms with Gasteiger partial charge >= 0.3 is 20.6 Å². The summed E-state index contributed by atoms with van der Waals surface area (Å²) in [6, 6.07) is 0. The Kier molecular flexibility index (Phi) is 5.56. The lowest BCUT2D eigenvalue weighted by Crippen LogP contribution is -2.16. The van der Waals surface area contributed by atoms with Crippen molar-refractivity contribution >= 4 is 20.6 Å². The molecule has 5 N–H and O–H groups in total. The van der Waals surface area contributed by atoms with Gasteiger partial charge in [0.05, 0.1) is 0 Å². The lowest BCUT2D eigenvalue weighted by molar-refractivity contribution is 0.473. The second kappa shape index (κ2) is 4.58. The molecule has 10 heteroatoms. The van der Waals surface area contributed by atoms with Gasteiger partial charge in [-0.25, -0.2) is 5.14 Å². The first kappa shape index (κ1) is 13.3. The van der Waals surface area contributed by atoms with Gasteiger partial charge in [0.15, 0.2) is 0 Å². The van der Waals surface area contributed by atoms with Crippen molar-refractivity contribution in [2.45, 2.75) is 0 Å². The molecule has 11 heavy (non-hydrogen) atoms. The maximum atomic E-state index is 9.44. The van der Waals surface area contributed by atoms with Crippen molar-refractivity contribution in [3.63, 3.8) is 0 Å². The summed E-state index contributed by atoms with van der Waals surface area (Å²) in [4.78, 5) is 0. The van der Waals surface area contributed by atoms with Crippen molar-refractivity contribution in [3.8, 4) is 0 Å². The van der Waals surface area contributed by atoms with E-state index in [1.165, 1.54) is 0 Å². The summed E-state index contributed by atoms with van der Waals surface area (Å²) in [7, 11) is -6.96. The summed E-state index contributed by atoms with van der Waals surface area (Å²) in [6.45, 7) is 0. The summed E-state index contributed by atoms with van der Waals surface area (Å²) >= 11 is 0. The molecule has 0 aromatic rings. The Morgan fingerprint density at radius 3 is 1.27 bits per heavy atom. The normalized spacial score (nSPS) is 11.6. The van der Waals surface area contributed by atoms with Crippen molar-refractivity contribution in [2.75, 3.05) is 7.05 Å². The van der Waals surface area contributed by atoms with E-state index in [-0.39, 0.29) is 0 Å². The summed E-state index contributed by atoms with van der Waals surface area (Å²) in [5.41, 5.74) is 0. The van der Waals surface area contributed by atoms with Crippen molar-refractivity contribution < 1.29 is 25.9 Å². The van der Waals surface area contributed by atoms with Crippen molar-refractivity contribution in [3.05, 3.63) is 0 Å².